The van der Waals surface area contributed by atoms with Crippen molar-refractivity contribution in [1.82, 2.24) is 0 Å². The number of ketones is 1. The van der Waals surface area contributed by atoms with Gasteiger partial charge in [-0.3, -0.25) is 4.79 Å². The maximum Gasteiger partial charge on any atom is 0.136 e. The van der Waals surface area contributed by atoms with Crippen molar-refractivity contribution in [2.45, 2.75) is 111 Å². The second-order valence-corrected chi connectivity index (χ2v) is 8.99. The first-order valence-electron chi connectivity index (χ1n) is 11.1. The molecule has 0 aliphatic heterocycles. The molecule has 0 radical (unpaired) electrons. The normalized spacial score (nSPS) is 23.2. The lowest BCUT2D eigenvalue weighted by Gasteiger charge is -2.31. The Hall–Kier alpha value is -0.590. The van der Waals surface area contributed by atoms with Crippen LogP contribution in [0.15, 0.2) is 12.2 Å². The van der Waals surface area contributed by atoms with Crippen molar-refractivity contribution in [3.63, 3.8) is 0 Å². The maximum atomic E-state index is 12.4. The zero-order chi connectivity index (χ0) is 18.7. The van der Waals surface area contributed by atoms with Crippen LogP contribution in [0.1, 0.15) is 111 Å². The Bertz CT molecular complexity index is 382. The van der Waals surface area contributed by atoms with Crippen LogP contribution < -0.4 is 0 Å². The molecule has 1 rings (SSSR count). The summed E-state index contributed by atoms with van der Waals surface area (Å²) in [5, 5.41) is 0. The summed E-state index contributed by atoms with van der Waals surface area (Å²) in [7, 11) is 0. The topological polar surface area (TPSA) is 17.1 Å². The van der Waals surface area contributed by atoms with Gasteiger partial charge in [0.05, 0.1) is 0 Å². The van der Waals surface area contributed by atoms with Crippen LogP contribution in [0.2, 0.25) is 0 Å². The molecular weight excluding hydrogens is 304 g/mol. The number of Topliss-reactive ketones (excluding diaryl/α,β-unsaturated/α-hetero) is 1. The minimum Gasteiger partial charge on any atom is -0.299 e. The Balaban J connectivity index is 2.23. The average Bonchev–Trinajstić information content (AvgIpc) is 2.59. The highest BCUT2D eigenvalue weighted by molar-refractivity contribution is 5.80. The van der Waals surface area contributed by atoms with E-state index in [2.05, 4.69) is 34.3 Å². The van der Waals surface area contributed by atoms with Gasteiger partial charge in [0, 0.05) is 12.8 Å². The van der Waals surface area contributed by atoms with Gasteiger partial charge in [-0.05, 0) is 49.4 Å². The van der Waals surface area contributed by atoms with Gasteiger partial charge in [-0.2, -0.15) is 0 Å². The largest absolute Gasteiger partial charge is 0.299 e. The fourth-order valence-electron chi connectivity index (χ4n) is 4.64. The molecule has 1 heteroatoms. The molecule has 4 atom stereocenters. The van der Waals surface area contributed by atoms with E-state index in [9.17, 15) is 4.79 Å². The van der Waals surface area contributed by atoms with E-state index in [-0.39, 0.29) is 0 Å². The van der Waals surface area contributed by atoms with Gasteiger partial charge in [-0.25, -0.2) is 0 Å². The molecule has 1 nitrogen and oxygen atoms in total. The summed E-state index contributed by atoms with van der Waals surface area (Å²) in [5.41, 5.74) is 1.16. The highest BCUT2D eigenvalue weighted by atomic mass is 16.1. The minimum atomic E-state index is 0.431. The third-order valence-corrected chi connectivity index (χ3v) is 6.46. The highest BCUT2D eigenvalue weighted by Crippen LogP contribution is 2.36. The third kappa shape index (κ3) is 9.61. The molecule has 0 aromatic carbocycles. The third-order valence-electron chi connectivity index (χ3n) is 6.46. The Morgan fingerprint density at radius 3 is 2.24 bits per heavy atom. The van der Waals surface area contributed by atoms with Crippen LogP contribution in [0.5, 0.6) is 0 Å². The number of carbonyl (C=O) groups excluding carboxylic acids is 1. The molecule has 1 aliphatic carbocycles. The average molecular weight is 349 g/mol. The van der Waals surface area contributed by atoms with Crippen molar-refractivity contribution < 1.29 is 4.79 Å². The molecule has 1 fully saturated rings. The van der Waals surface area contributed by atoms with Gasteiger partial charge in [-0.1, -0.05) is 84.8 Å². The lowest BCUT2D eigenvalue weighted by Crippen LogP contribution is -2.20. The van der Waals surface area contributed by atoms with Crippen molar-refractivity contribution in [2.75, 3.05) is 0 Å². The predicted octanol–water partition coefficient (Wildman–Crippen LogP) is 7.74. The van der Waals surface area contributed by atoms with Gasteiger partial charge in [0.15, 0.2) is 0 Å². The molecule has 4 unspecified atom stereocenters. The van der Waals surface area contributed by atoms with Crippen LogP contribution in [0.25, 0.3) is 0 Å². The molecule has 0 spiro atoms. The van der Waals surface area contributed by atoms with E-state index in [1.807, 2.05) is 0 Å². The van der Waals surface area contributed by atoms with Crippen molar-refractivity contribution in [2.24, 2.45) is 23.7 Å². The quantitative estimate of drug-likeness (QED) is 0.311. The second-order valence-electron chi connectivity index (χ2n) is 8.99. The first kappa shape index (κ1) is 22.5. The zero-order valence-electron chi connectivity index (χ0n) is 17.6. The molecule has 0 N–H and O–H groups in total. The van der Waals surface area contributed by atoms with Gasteiger partial charge >= 0.3 is 0 Å². The summed E-state index contributed by atoms with van der Waals surface area (Å²) in [6, 6.07) is 0. The van der Waals surface area contributed by atoms with Gasteiger partial charge < -0.3 is 0 Å². The van der Waals surface area contributed by atoms with Crippen molar-refractivity contribution in [3.05, 3.63) is 12.2 Å². The van der Waals surface area contributed by atoms with Crippen molar-refractivity contribution in [3.8, 4) is 0 Å². The summed E-state index contributed by atoms with van der Waals surface area (Å²) >= 11 is 0. The van der Waals surface area contributed by atoms with Crippen molar-refractivity contribution in [1.29, 1.82) is 0 Å². The second kappa shape index (κ2) is 12.7. The Morgan fingerprint density at radius 2 is 1.64 bits per heavy atom. The molecule has 146 valence electrons. The Kier molecular flexibility index (Phi) is 11.4. The van der Waals surface area contributed by atoms with E-state index in [4.69, 9.17) is 0 Å². The first-order chi connectivity index (χ1) is 12.0. The summed E-state index contributed by atoms with van der Waals surface area (Å²) in [6.45, 7) is 13.4. The van der Waals surface area contributed by atoms with Gasteiger partial charge in [0.1, 0.15) is 5.78 Å². The van der Waals surface area contributed by atoms with Crippen LogP contribution in [0.4, 0.5) is 0 Å². The molecule has 0 aromatic heterocycles. The summed E-state index contributed by atoms with van der Waals surface area (Å²) in [6.07, 6.45) is 15.5. The molecular formula is C24H44O. The fourth-order valence-corrected chi connectivity index (χ4v) is 4.64. The van der Waals surface area contributed by atoms with Crippen LogP contribution in [-0.2, 0) is 4.79 Å². The van der Waals surface area contributed by atoms with E-state index >= 15 is 0 Å². The standard InChI is InChI=1S/C24H44O/c1-6-10-22-11-8-9-12-23(22)15-16-24(25)18-21(5)14-13-20(4)17-19(3)7-2/h19-20,22-23H,5-18H2,1-4H3. The lowest BCUT2D eigenvalue weighted by molar-refractivity contribution is -0.118. The number of hydrogen-bond acceptors (Lipinski definition) is 1. The van der Waals surface area contributed by atoms with Crippen LogP contribution in [0, 0.1) is 23.7 Å². The number of rotatable bonds is 13. The van der Waals surface area contributed by atoms with Crippen molar-refractivity contribution >= 4 is 5.78 Å². The smallest absolute Gasteiger partial charge is 0.136 e. The maximum absolute atomic E-state index is 12.4. The Morgan fingerprint density at radius 1 is 1.00 bits per heavy atom. The molecule has 0 aromatic rings. The van der Waals surface area contributed by atoms with E-state index in [1.54, 1.807) is 0 Å². The van der Waals surface area contributed by atoms with E-state index in [1.165, 1.54) is 57.8 Å². The van der Waals surface area contributed by atoms with E-state index in [0.29, 0.717) is 12.2 Å². The van der Waals surface area contributed by atoms with Crippen LogP contribution in [-0.4, -0.2) is 5.78 Å². The summed E-state index contributed by atoms with van der Waals surface area (Å²) in [4.78, 5) is 12.4. The van der Waals surface area contributed by atoms with Gasteiger partial charge in [-0.15, -0.1) is 0 Å². The van der Waals surface area contributed by atoms with Crippen LogP contribution >= 0.6 is 0 Å². The molecule has 0 heterocycles. The molecule has 0 saturated heterocycles. The molecule has 1 saturated carbocycles. The first-order valence-corrected chi connectivity index (χ1v) is 11.1. The predicted molar refractivity (Wildman–Crippen MR) is 111 cm³/mol. The number of allylic oxidation sites excluding steroid dienone is 1. The van der Waals surface area contributed by atoms with Gasteiger partial charge in [0.25, 0.3) is 0 Å². The monoisotopic (exact) mass is 348 g/mol. The number of carbonyl (C=O) groups is 1. The zero-order valence-corrected chi connectivity index (χ0v) is 17.6. The van der Waals surface area contributed by atoms with Gasteiger partial charge in [0.2, 0.25) is 0 Å². The minimum absolute atomic E-state index is 0.431. The SMILES string of the molecule is C=C(CCC(C)CC(C)CC)CC(=O)CCC1CCCCC1CCC. The Labute approximate surface area is 158 Å². The lowest BCUT2D eigenvalue weighted by atomic mass is 9.74. The van der Waals surface area contributed by atoms with E-state index < -0.39 is 0 Å². The van der Waals surface area contributed by atoms with Crippen LogP contribution in [0.3, 0.4) is 0 Å². The summed E-state index contributed by atoms with van der Waals surface area (Å²) in [5.74, 6) is 3.69. The molecule has 1 aliphatic rings. The summed E-state index contributed by atoms with van der Waals surface area (Å²) < 4.78 is 0. The molecule has 0 bridgehead atoms. The fraction of sp³-hybridized carbons (Fsp3) is 0.875. The highest BCUT2D eigenvalue weighted by Gasteiger charge is 2.24. The molecule has 25 heavy (non-hydrogen) atoms. The molecule has 0 amide bonds. The van der Waals surface area contributed by atoms with E-state index in [0.717, 1.165) is 48.5 Å². The number of hydrogen-bond donors (Lipinski definition) is 0.